The highest BCUT2D eigenvalue weighted by Crippen LogP contribution is 2.17. The van der Waals surface area contributed by atoms with Crippen molar-refractivity contribution < 1.29 is 12.8 Å². The van der Waals surface area contributed by atoms with Crippen molar-refractivity contribution in [3.63, 3.8) is 0 Å². The summed E-state index contributed by atoms with van der Waals surface area (Å²) in [7, 11) is -2.81. The van der Waals surface area contributed by atoms with Crippen molar-refractivity contribution in [3.05, 3.63) is 29.8 Å². The number of halogens is 1. The van der Waals surface area contributed by atoms with E-state index < -0.39 is 9.84 Å². The Kier molecular flexibility index (Phi) is 3.73. The zero-order chi connectivity index (χ0) is 12.3. The van der Waals surface area contributed by atoms with Gasteiger partial charge < -0.3 is 5.32 Å². The maximum Gasteiger partial charge on any atom is 0.150 e. The van der Waals surface area contributed by atoms with Crippen molar-refractivity contribution in [2.75, 3.05) is 18.1 Å². The third-order valence-corrected chi connectivity index (χ3v) is 4.69. The first-order valence-electron chi connectivity index (χ1n) is 5.56. The third-order valence-electron chi connectivity index (χ3n) is 2.85. The Balaban J connectivity index is 1.77. The van der Waals surface area contributed by atoms with Gasteiger partial charge in [0.2, 0.25) is 0 Å². The number of sulfone groups is 1. The highest BCUT2D eigenvalue weighted by molar-refractivity contribution is 7.91. The van der Waals surface area contributed by atoms with Crippen LogP contribution in [0.3, 0.4) is 0 Å². The molecule has 0 radical (unpaired) electrons. The lowest BCUT2D eigenvalue weighted by Crippen LogP contribution is -2.23. The van der Waals surface area contributed by atoms with Crippen LogP contribution in [-0.4, -0.2) is 31.5 Å². The molecule has 1 atom stereocenters. The number of nitrogens with one attached hydrogen (secondary N) is 1. The van der Waals surface area contributed by atoms with Crippen LogP contribution in [0.1, 0.15) is 12.0 Å². The van der Waals surface area contributed by atoms with Gasteiger partial charge >= 0.3 is 0 Å². The quantitative estimate of drug-likeness (QED) is 0.865. The lowest BCUT2D eigenvalue weighted by atomic mass is 10.1. The van der Waals surface area contributed by atoms with Gasteiger partial charge in [0.15, 0.2) is 9.84 Å². The van der Waals surface area contributed by atoms with E-state index in [4.69, 9.17) is 0 Å². The summed E-state index contributed by atoms with van der Waals surface area (Å²) in [6.07, 6.45) is 3.48. The van der Waals surface area contributed by atoms with Crippen molar-refractivity contribution >= 4 is 9.84 Å². The average Bonchev–Trinajstić information content (AvgIpc) is 2.58. The molecule has 2 rings (SSSR count). The Morgan fingerprint density at radius 1 is 1.47 bits per heavy atom. The van der Waals surface area contributed by atoms with Gasteiger partial charge in [0, 0.05) is 12.7 Å². The van der Waals surface area contributed by atoms with E-state index in [1.165, 1.54) is 6.07 Å². The number of rotatable bonds is 4. The van der Waals surface area contributed by atoms with E-state index in [0.29, 0.717) is 18.8 Å². The molecule has 0 amide bonds. The monoisotopic (exact) mass is 258 g/mol. The zero-order valence-corrected chi connectivity index (χ0v) is 10.2. The molecule has 1 N–H and O–H groups in total. The standard InChI is InChI=1S/C11H15FN2O2S/c12-11-3-10(6-14-7-11)5-13-4-9-1-2-17(15,16)8-9/h3,6-7,9,13H,1-2,4-5,8H2. The minimum atomic E-state index is -2.81. The highest BCUT2D eigenvalue weighted by atomic mass is 32.2. The fraction of sp³-hybridized carbons (Fsp3) is 0.545. The molecular formula is C11H15FN2O2S. The van der Waals surface area contributed by atoms with E-state index in [1.807, 2.05) is 0 Å². The minimum Gasteiger partial charge on any atom is -0.312 e. The molecule has 0 aromatic carbocycles. The van der Waals surface area contributed by atoms with Crippen LogP contribution in [-0.2, 0) is 16.4 Å². The van der Waals surface area contributed by atoms with Gasteiger partial charge in [-0.25, -0.2) is 12.8 Å². The summed E-state index contributed by atoms with van der Waals surface area (Å²) in [5, 5.41) is 3.14. The van der Waals surface area contributed by atoms with E-state index in [1.54, 1.807) is 6.20 Å². The first-order valence-corrected chi connectivity index (χ1v) is 7.38. The molecule has 0 aliphatic carbocycles. The SMILES string of the molecule is O=S1(=O)CCC(CNCc2cncc(F)c2)C1. The predicted octanol–water partition coefficient (Wildman–Crippen LogP) is 0.745. The van der Waals surface area contributed by atoms with Gasteiger partial charge in [0.1, 0.15) is 5.82 Å². The van der Waals surface area contributed by atoms with E-state index >= 15 is 0 Å². The fourth-order valence-electron chi connectivity index (χ4n) is 2.01. The Labute approximate surface area is 100 Å². The molecular weight excluding hydrogens is 243 g/mol. The zero-order valence-electron chi connectivity index (χ0n) is 9.39. The van der Waals surface area contributed by atoms with Crippen molar-refractivity contribution in [3.8, 4) is 0 Å². The lowest BCUT2D eigenvalue weighted by Gasteiger charge is -2.09. The molecule has 2 heterocycles. The van der Waals surface area contributed by atoms with Crippen molar-refractivity contribution in [2.24, 2.45) is 5.92 Å². The summed E-state index contributed by atoms with van der Waals surface area (Å²) in [4.78, 5) is 3.75. The Bertz CT molecular complexity index is 490. The summed E-state index contributed by atoms with van der Waals surface area (Å²) in [6.45, 7) is 1.16. The molecule has 1 unspecified atom stereocenters. The summed E-state index contributed by atoms with van der Waals surface area (Å²) < 4.78 is 35.3. The van der Waals surface area contributed by atoms with Crippen LogP contribution in [0.15, 0.2) is 18.5 Å². The van der Waals surface area contributed by atoms with Gasteiger partial charge in [-0.3, -0.25) is 4.98 Å². The van der Waals surface area contributed by atoms with Crippen LogP contribution in [0.5, 0.6) is 0 Å². The maximum atomic E-state index is 12.8. The molecule has 4 nitrogen and oxygen atoms in total. The van der Waals surface area contributed by atoms with Crippen LogP contribution < -0.4 is 5.32 Å². The molecule has 1 saturated heterocycles. The number of hydrogen-bond donors (Lipinski definition) is 1. The van der Waals surface area contributed by atoms with E-state index in [0.717, 1.165) is 18.2 Å². The van der Waals surface area contributed by atoms with E-state index in [9.17, 15) is 12.8 Å². The van der Waals surface area contributed by atoms with Gasteiger partial charge in [-0.1, -0.05) is 0 Å². The maximum absolute atomic E-state index is 12.8. The molecule has 1 aliphatic heterocycles. The topological polar surface area (TPSA) is 59.1 Å². The van der Waals surface area contributed by atoms with Crippen molar-refractivity contribution in [1.82, 2.24) is 10.3 Å². The van der Waals surface area contributed by atoms with Gasteiger partial charge in [-0.15, -0.1) is 0 Å². The van der Waals surface area contributed by atoms with Crippen molar-refractivity contribution in [1.29, 1.82) is 0 Å². The number of pyridine rings is 1. The first-order chi connectivity index (χ1) is 8.05. The van der Waals surface area contributed by atoms with Gasteiger partial charge in [0.25, 0.3) is 0 Å². The summed E-state index contributed by atoms with van der Waals surface area (Å²) in [6, 6.07) is 1.42. The number of nitrogens with zero attached hydrogens (tertiary/aromatic N) is 1. The Hall–Kier alpha value is -1.01. The molecule has 0 saturated carbocycles. The smallest absolute Gasteiger partial charge is 0.150 e. The van der Waals surface area contributed by atoms with Gasteiger partial charge in [-0.05, 0) is 30.5 Å². The summed E-state index contributed by atoms with van der Waals surface area (Å²) >= 11 is 0. The summed E-state index contributed by atoms with van der Waals surface area (Å²) in [5.41, 5.74) is 0.769. The van der Waals surface area contributed by atoms with Gasteiger partial charge in [-0.2, -0.15) is 0 Å². The molecule has 1 aliphatic rings. The van der Waals surface area contributed by atoms with Crippen LogP contribution in [0.2, 0.25) is 0 Å². The average molecular weight is 258 g/mol. The Morgan fingerprint density at radius 2 is 2.29 bits per heavy atom. The fourth-order valence-corrected chi connectivity index (χ4v) is 3.87. The van der Waals surface area contributed by atoms with Crippen LogP contribution in [0, 0.1) is 11.7 Å². The number of aromatic nitrogens is 1. The van der Waals surface area contributed by atoms with Crippen LogP contribution in [0.25, 0.3) is 0 Å². The second-order valence-electron chi connectivity index (χ2n) is 4.41. The number of hydrogen-bond acceptors (Lipinski definition) is 4. The highest BCUT2D eigenvalue weighted by Gasteiger charge is 2.27. The van der Waals surface area contributed by atoms with Crippen LogP contribution in [0.4, 0.5) is 4.39 Å². The molecule has 0 bridgehead atoms. The van der Waals surface area contributed by atoms with E-state index in [2.05, 4.69) is 10.3 Å². The molecule has 1 aromatic rings. The molecule has 1 fully saturated rings. The minimum absolute atomic E-state index is 0.182. The normalized spacial score (nSPS) is 22.8. The van der Waals surface area contributed by atoms with E-state index in [-0.39, 0.29) is 17.5 Å². The second-order valence-corrected chi connectivity index (χ2v) is 6.64. The Morgan fingerprint density at radius 3 is 2.94 bits per heavy atom. The molecule has 94 valence electrons. The molecule has 6 heteroatoms. The second kappa shape index (κ2) is 5.10. The molecule has 17 heavy (non-hydrogen) atoms. The molecule has 0 spiro atoms. The van der Waals surface area contributed by atoms with Gasteiger partial charge in [0.05, 0.1) is 17.7 Å². The largest absolute Gasteiger partial charge is 0.312 e. The van der Waals surface area contributed by atoms with Crippen LogP contribution >= 0.6 is 0 Å². The molecule has 1 aromatic heterocycles. The third kappa shape index (κ3) is 3.74. The predicted molar refractivity (Wildman–Crippen MR) is 62.7 cm³/mol. The van der Waals surface area contributed by atoms with Crippen molar-refractivity contribution in [2.45, 2.75) is 13.0 Å². The lowest BCUT2D eigenvalue weighted by molar-refractivity contribution is 0.519. The summed E-state index contributed by atoms with van der Waals surface area (Å²) in [5.74, 6) is 0.386. The first kappa shape index (κ1) is 12.4.